The van der Waals surface area contributed by atoms with E-state index in [1.54, 1.807) is 18.2 Å². The van der Waals surface area contributed by atoms with E-state index in [0.717, 1.165) is 36.6 Å². The van der Waals surface area contributed by atoms with Crippen molar-refractivity contribution in [2.75, 3.05) is 28.6 Å². The van der Waals surface area contributed by atoms with Crippen molar-refractivity contribution in [1.82, 2.24) is 10.2 Å². The number of anilines is 3. The van der Waals surface area contributed by atoms with Gasteiger partial charge >= 0.3 is 6.03 Å². The van der Waals surface area contributed by atoms with E-state index in [4.69, 9.17) is 0 Å². The first-order chi connectivity index (χ1) is 15.1. The number of nitrogens with one attached hydrogen (secondary N) is 2. The van der Waals surface area contributed by atoms with Crippen molar-refractivity contribution in [2.24, 2.45) is 0 Å². The first-order valence-electron chi connectivity index (χ1n) is 10.3. The van der Waals surface area contributed by atoms with Crippen LogP contribution in [0.1, 0.15) is 25.7 Å². The molecule has 0 spiro atoms. The maximum Gasteiger partial charge on any atom is 0.323 e. The Labute approximate surface area is 179 Å². The average Bonchev–Trinajstić information content (AvgIpc) is 3.06. The number of hydrogen-bond donors (Lipinski definition) is 2. The number of carbonyl (C=O) groups excluding carboxylic acids is 1. The Morgan fingerprint density at radius 2 is 1.55 bits per heavy atom. The fourth-order valence-corrected chi connectivity index (χ4v) is 3.57. The Bertz CT molecular complexity index is 1050. The molecule has 2 amide bonds. The maximum absolute atomic E-state index is 13.3. The molecule has 0 unspecified atom stereocenters. The van der Waals surface area contributed by atoms with Gasteiger partial charge in [-0.15, -0.1) is 10.2 Å². The van der Waals surface area contributed by atoms with Crippen LogP contribution in [0.3, 0.4) is 0 Å². The summed E-state index contributed by atoms with van der Waals surface area (Å²) >= 11 is 0. The van der Waals surface area contributed by atoms with E-state index < -0.39 is 17.7 Å². The molecule has 3 aromatic rings. The lowest BCUT2D eigenvalue weighted by atomic mass is 10.1. The minimum Gasteiger partial charge on any atom is -0.355 e. The van der Waals surface area contributed by atoms with Gasteiger partial charge in [0.2, 0.25) is 0 Å². The second kappa shape index (κ2) is 9.51. The molecule has 0 radical (unpaired) electrons. The van der Waals surface area contributed by atoms with Gasteiger partial charge in [0, 0.05) is 36.1 Å². The van der Waals surface area contributed by atoms with E-state index in [1.165, 1.54) is 31.7 Å². The predicted octanol–water partition coefficient (Wildman–Crippen LogP) is 5.45. The van der Waals surface area contributed by atoms with Crippen LogP contribution in [0.15, 0.2) is 54.6 Å². The third-order valence-corrected chi connectivity index (χ3v) is 5.17. The molecule has 31 heavy (non-hydrogen) atoms. The van der Waals surface area contributed by atoms with Gasteiger partial charge in [0.05, 0.1) is 5.69 Å². The van der Waals surface area contributed by atoms with Crippen molar-refractivity contribution >= 4 is 23.2 Å². The summed E-state index contributed by atoms with van der Waals surface area (Å²) in [7, 11) is 0. The number of carbonyl (C=O) groups is 1. The summed E-state index contributed by atoms with van der Waals surface area (Å²) in [6.45, 7) is 2.00. The lowest BCUT2D eigenvalue weighted by Crippen LogP contribution is -2.25. The zero-order valence-corrected chi connectivity index (χ0v) is 16.9. The van der Waals surface area contributed by atoms with E-state index in [0.29, 0.717) is 11.4 Å². The van der Waals surface area contributed by atoms with Crippen LogP contribution in [0.25, 0.3) is 11.3 Å². The molecule has 2 heterocycles. The molecular weight excluding hydrogens is 400 g/mol. The number of halogens is 2. The van der Waals surface area contributed by atoms with Gasteiger partial charge < -0.3 is 15.5 Å². The molecule has 2 N–H and O–H groups in total. The Morgan fingerprint density at radius 1 is 0.806 bits per heavy atom. The molecule has 8 heteroatoms. The Kier molecular flexibility index (Phi) is 6.35. The van der Waals surface area contributed by atoms with Gasteiger partial charge in [-0.1, -0.05) is 25.0 Å². The fourth-order valence-electron chi connectivity index (χ4n) is 3.57. The molecule has 2 aromatic carbocycles. The molecule has 0 aliphatic carbocycles. The highest BCUT2D eigenvalue weighted by molar-refractivity contribution is 6.00. The number of aromatic nitrogens is 2. The minimum atomic E-state index is -1.03. The second-order valence-corrected chi connectivity index (χ2v) is 7.47. The molecule has 6 nitrogen and oxygen atoms in total. The molecule has 0 saturated carbocycles. The molecule has 0 atom stereocenters. The van der Waals surface area contributed by atoms with Crippen LogP contribution in [-0.4, -0.2) is 29.3 Å². The van der Waals surface area contributed by atoms with Gasteiger partial charge in [0.25, 0.3) is 0 Å². The fraction of sp³-hybridized carbons (Fsp3) is 0.261. The molecular formula is C23H23F2N5O. The summed E-state index contributed by atoms with van der Waals surface area (Å²) in [6.07, 6.45) is 4.85. The summed E-state index contributed by atoms with van der Waals surface area (Å²) in [5, 5.41) is 13.9. The number of benzene rings is 2. The van der Waals surface area contributed by atoms with Crippen LogP contribution >= 0.6 is 0 Å². The van der Waals surface area contributed by atoms with Crippen LogP contribution in [0.2, 0.25) is 0 Å². The molecule has 4 rings (SSSR count). The Hall–Kier alpha value is -3.55. The van der Waals surface area contributed by atoms with E-state index in [-0.39, 0.29) is 5.69 Å². The van der Waals surface area contributed by atoms with Gasteiger partial charge in [-0.3, -0.25) is 0 Å². The standard InChI is InChI=1S/C23H23F2N5O/c24-19-9-8-18(15-20(19)25)27-23(31)26-17-7-5-6-16(14-17)21-10-11-22(29-28-21)30-12-3-1-2-4-13-30/h5-11,14-15H,1-4,12-13H2,(H2,26,27,31). The first-order valence-corrected chi connectivity index (χ1v) is 10.3. The monoisotopic (exact) mass is 423 g/mol. The number of rotatable bonds is 4. The van der Waals surface area contributed by atoms with Crippen LogP contribution in [0.5, 0.6) is 0 Å². The summed E-state index contributed by atoms with van der Waals surface area (Å²) < 4.78 is 26.3. The minimum absolute atomic E-state index is 0.155. The van der Waals surface area contributed by atoms with E-state index in [2.05, 4.69) is 25.7 Å². The Morgan fingerprint density at radius 3 is 2.23 bits per heavy atom. The quantitative estimate of drug-likeness (QED) is 0.586. The summed E-state index contributed by atoms with van der Waals surface area (Å²) in [4.78, 5) is 14.5. The van der Waals surface area contributed by atoms with E-state index >= 15 is 0 Å². The highest BCUT2D eigenvalue weighted by Crippen LogP contribution is 2.23. The van der Waals surface area contributed by atoms with Crippen LogP contribution < -0.4 is 15.5 Å². The van der Waals surface area contributed by atoms with Crippen molar-refractivity contribution in [3.05, 3.63) is 66.2 Å². The molecule has 160 valence electrons. The lowest BCUT2D eigenvalue weighted by molar-refractivity contribution is 0.262. The molecule has 1 aliphatic rings. The summed E-state index contributed by atoms with van der Waals surface area (Å²) in [6, 6.07) is 13.7. The van der Waals surface area contributed by atoms with E-state index in [9.17, 15) is 13.6 Å². The molecule has 1 aliphatic heterocycles. The first kappa shape index (κ1) is 20.7. The topological polar surface area (TPSA) is 70.2 Å². The third-order valence-electron chi connectivity index (χ3n) is 5.17. The summed E-state index contributed by atoms with van der Waals surface area (Å²) in [5.74, 6) is -1.12. The van der Waals surface area contributed by atoms with Gasteiger partial charge in [0.15, 0.2) is 17.5 Å². The van der Waals surface area contributed by atoms with Crippen LogP contribution in [0, 0.1) is 11.6 Å². The van der Waals surface area contributed by atoms with Gasteiger partial charge in [0.1, 0.15) is 0 Å². The zero-order chi connectivity index (χ0) is 21.6. The van der Waals surface area contributed by atoms with Crippen molar-refractivity contribution in [3.8, 4) is 11.3 Å². The van der Waals surface area contributed by atoms with Crippen molar-refractivity contribution in [1.29, 1.82) is 0 Å². The van der Waals surface area contributed by atoms with E-state index in [1.807, 2.05) is 18.2 Å². The largest absolute Gasteiger partial charge is 0.355 e. The van der Waals surface area contributed by atoms with Gasteiger partial charge in [-0.25, -0.2) is 13.6 Å². The number of amides is 2. The van der Waals surface area contributed by atoms with Crippen molar-refractivity contribution in [3.63, 3.8) is 0 Å². The zero-order valence-electron chi connectivity index (χ0n) is 16.9. The average molecular weight is 423 g/mol. The summed E-state index contributed by atoms with van der Waals surface area (Å²) in [5.41, 5.74) is 2.20. The van der Waals surface area contributed by atoms with Gasteiger partial charge in [-0.05, 0) is 49.2 Å². The lowest BCUT2D eigenvalue weighted by Gasteiger charge is -2.20. The second-order valence-electron chi connectivity index (χ2n) is 7.47. The van der Waals surface area contributed by atoms with Crippen LogP contribution in [0.4, 0.5) is 30.8 Å². The number of urea groups is 1. The number of hydrogen-bond acceptors (Lipinski definition) is 4. The molecule has 1 fully saturated rings. The third kappa shape index (κ3) is 5.33. The molecule has 1 aromatic heterocycles. The van der Waals surface area contributed by atoms with Crippen molar-refractivity contribution in [2.45, 2.75) is 25.7 Å². The Balaban J connectivity index is 1.42. The smallest absolute Gasteiger partial charge is 0.323 e. The SMILES string of the molecule is O=C(Nc1cccc(-c2ccc(N3CCCCCC3)nn2)c1)Nc1ccc(F)c(F)c1. The van der Waals surface area contributed by atoms with Crippen molar-refractivity contribution < 1.29 is 13.6 Å². The molecule has 0 bridgehead atoms. The van der Waals surface area contributed by atoms with Crippen LogP contribution in [-0.2, 0) is 0 Å². The van der Waals surface area contributed by atoms with Gasteiger partial charge in [-0.2, -0.15) is 0 Å². The highest BCUT2D eigenvalue weighted by Gasteiger charge is 2.12. The normalized spacial score (nSPS) is 14.1. The highest BCUT2D eigenvalue weighted by atomic mass is 19.2. The maximum atomic E-state index is 13.3. The predicted molar refractivity (Wildman–Crippen MR) is 117 cm³/mol. The number of nitrogens with zero attached hydrogens (tertiary/aromatic N) is 3. The molecule has 1 saturated heterocycles.